The van der Waals surface area contributed by atoms with E-state index in [9.17, 15) is 19.7 Å². The van der Waals surface area contributed by atoms with Gasteiger partial charge in [-0.2, -0.15) is 0 Å². The number of carbonyl (C=O) groups is 2. The molecular weight excluding hydrogens is 302 g/mol. The monoisotopic (exact) mass is 323 g/mol. The second-order valence-corrected chi connectivity index (χ2v) is 5.42. The zero-order valence-corrected chi connectivity index (χ0v) is 13.6. The summed E-state index contributed by atoms with van der Waals surface area (Å²) in [5.74, 6) is -0.731. The zero-order valence-electron chi connectivity index (χ0n) is 13.6. The molecule has 8 heteroatoms. The van der Waals surface area contributed by atoms with E-state index >= 15 is 0 Å². The first-order chi connectivity index (χ1) is 10.8. The van der Waals surface area contributed by atoms with Gasteiger partial charge in [0.25, 0.3) is 11.6 Å². The van der Waals surface area contributed by atoms with Crippen molar-refractivity contribution in [1.29, 1.82) is 0 Å². The molecular formula is C15H21N3O5. The summed E-state index contributed by atoms with van der Waals surface area (Å²) < 4.78 is 4.73. The van der Waals surface area contributed by atoms with Gasteiger partial charge in [-0.3, -0.25) is 14.9 Å². The smallest absolute Gasteiger partial charge is 0.328 e. The Hall–Kier alpha value is -2.64. The topological polar surface area (TPSA) is 111 Å². The predicted molar refractivity (Wildman–Crippen MR) is 85.4 cm³/mol. The largest absolute Gasteiger partial charge is 0.467 e. The molecule has 1 aromatic rings. The van der Waals surface area contributed by atoms with Crippen LogP contribution in [0.3, 0.4) is 0 Å². The minimum absolute atomic E-state index is 0.165. The van der Waals surface area contributed by atoms with Gasteiger partial charge in [0.15, 0.2) is 0 Å². The van der Waals surface area contributed by atoms with Crippen molar-refractivity contribution in [3.05, 3.63) is 33.9 Å². The molecule has 0 saturated heterocycles. The molecule has 126 valence electrons. The fraction of sp³-hybridized carbons (Fsp3) is 0.467. The number of methoxy groups -OCH3 is 1. The molecule has 0 unspecified atom stereocenters. The van der Waals surface area contributed by atoms with Gasteiger partial charge in [-0.25, -0.2) is 4.79 Å². The average Bonchev–Trinajstić information content (AvgIpc) is 2.52. The van der Waals surface area contributed by atoms with E-state index in [0.29, 0.717) is 6.42 Å². The maximum atomic E-state index is 11.8. The van der Waals surface area contributed by atoms with Gasteiger partial charge in [-0.15, -0.1) is 0 Å². The minimum Gasteiger partial charge on any atom is -0.467 e. The number of rotatable bonds is 7. The molecule has 0 radical (unpaired) electrons. The van der Waals surface area contributed by atoms with Crippen LogP contribution in [0.2, 0.25) is 0 Å². The fourth-order valence-electron chi connectivity index (χ4n) is 2.11. The van der Waals surface area contributed by atoms with Crippen molar-refractivity contribution in [2.75, 3.05) is 19.5 Å². The first-order valence-corrected chi connectivity index (χ1v) is 7.15. The number of nitrogens with zero attached hydrogens (tertiary/aromatic N) is 1. The molecule has 0 saturated carbocycles. The Balaban J connectivity index is 3.16. The number of anilines is 1. The van der Waals surface area contributed by atoms with Crippen molar-refractivity contribution in [1.82, 2.24) is 5.32 Å². The Bertz CT molecular complexity index is 601. The van der Waals surface area contributed by atoms with E-state index < -0.39 is 22.8 Å². The maximum absolute atomic E-state index is 11.8. The quantitative estimate of drug-likeness (QED) is 0.451. The number of nitro benzene ring substituents is 1. The van der Waals surface area contributed by atoms with E-state index in [-0.39, 0.29) is 22.9 Å². The number of nitro groups is 1. The number of nitrogens with one attached hydrogen (secondary N) is 2. The van der Waals surface area contributed by atoms with E-state index in [1.807, 2.05) is 13.8 Å². The van der Waals surface area contributed by atoms with Crippen LogP contribution < -0.4 is 10.6 Å². The Kier molecular flexibility index (Phi) is 6.49. The number of carbonyl (C=O) groups excluding carboxylic acids is 2. The first kappa shape index (κ1) is 18.4. The molecule has 0 aliphatic carbocycles. The van der Waals surface area contributed by atoms with Crippen molar-refractivity contribution in [3.8, 4) is 0 Å². The lowest BCUT2D eigenvalue weighted by molar-refractivity contribution is -0.384. The molecule has 1 aromatic carbocycles. The second-order valence-electron chi connectivity index (χ2n) is 5.42. The molecule has 23 heavy (non-hydrogen) atoms. The summed E-state index contributed by atoms with van der Waals surface area (Å²) in [6.07, 6.45) is 0.459. The SMILES string of the molecule is CNC(=O)c1ccc(N[C@H](CC(C)C)C(=O)OC)c([N+](=O)[O-])c1. The van der Waals surface area contributed by atoms with Gasteiger partial charge >= 0.3 is 5.97 Å². The lowest BCUT2D eigenvalue weighted by Gasteiger charge is -2.19. The highest BCUT2D eigenvalue weighted by Crippen LogP contribution is 2.27. The first-order valence-electron chi connectivity index (χ1n) is 7.15. The number of hydrogen-bond acceptors (Lipinski definition) is 6. The van der Waals surface area contributed by atoms with Gasteiger partial charge in [-0.1, -0.05) is 13.8 Å². The van der Waals surface area contributed by atoms with Crippen LogP contribution in [0.15, 0.2) is 18.2 Å². The summed E-state index contributed by atoms with van der Waals surface area (Å²) in [5.41, 5.74) is 0.0608. The van der Waals surface area contributed by atoms with Gasteiger partial charge in [0.1, 0.15) is 11.7 Å². The normalized spacial score (nSPS) is 11.7. The molecule has 0 aromatic heterocycles. The molecule has 1 atom stereocenters. The zero-order chi connectivity index (χ0) is 17.6. The van der Waals surface area contributed by atoms with E-state index in [0.717, 1.165) is 0 Å². The van der Waals surface area contributed by atoms with Crippen LogP contribution >= 0.6 is 0 Å². The third-order valence-corrected chi connectivity index (χ3v) is 3.21. The van der Waals surface area contributed by atoms with Crippen LogP contribution in [0.1, 0.15) is 30.6 Å². The summed E-state index contributed by atoms with van der Waals surface area (Å²) in [6.45, 7) is 3.86. The van der Waals surface area contributed by atoms with Gasteiger partial charge in [0.05, 0.1) is 12.0 Å². The highest BCUT2D eigenvalue weighted by atomic mass is 16.6. The van der Waals surface area contributed by atoms with Crippen LogP contribution in [0.25, 0.3) is 0 Å². The number of esters is 1. The summed E-state index contributed by atoms with van der Waals surface area (Å²) >= 11 is 0. The van der Waals surface area contributed by atoms with Crippen LogP contribution in [-0.2, 0) is 9.53 Å². The third-order valence-electron chi connectivity index (χ3n) is 3.21. The molecule has 0 fully saturated rings. The minimum atomic E-state index is -0.704. The molecule has 8 nitrogen and oxygen atoms in total. The molecule has 0 aliphatic rings. The van der Waals surface area contributed by atoms with Crippen molar-refractivity contribution >= 4 is 23.3 Å². The second kappa shape index (κ2) is 8.11. The lowest BCUT2D eigenvalue weighted by atomic mass is 10.0. The fourth-order valence-corrected chi connectivity index (χ4v) is 2.11. The lowest BCUT2D eigenvalue weighted by Crippen LogP contribution is -2.32. The van der Waals surface area contributed by atoms with E-state index in [2.05, 4.69) is 10.6 Å². The van der Waals surface area contributed by atoms with Crippen LogP contribution in [-0.4, -0.2) is 37.0 Å². The Morgan fingerprint density at radius 3 is 2.48 bits per heavy atom. The van der Waals surface area contributed by atoms with Gasteiger partial charge in [0.2, 0.25) is 0 Å². The van der Waals surface area contributed by atoms with Crippen LogP contribution in [0.4, 0.5) is 11.4 Å². The van der Waals surface area contributed by atoms with Crippen molar-refractivity contribution < 1.29 is 19.2 Å². The maximum Gasteiger partial charge on any atom is 0.328 e. The standard InChI is InChI=1S/C15H21N3O5/c1-9(2)7-12(15(20)23-4)17-11-6-5-10(14(19)16-3)8-13(11)18(21)22/h5-6,8-9,12,17H,7H2,1-4H3,(H,16,19)/t12-/m1/s1. The van der Waals surface area contributed by atoms with Crippen molar-refractivity contribution in [3.63, 3.8) is 0 Å². The molecule has 0 heterocycles. The molecule has 2 N–H and O–H groups in total. The molecule has 0 spiro atoms. The summed E-state index contributed by atoms with van der Waals surface area (Å²) in [6, 6.07) is 3.34. The molecule has 0 bridgehead atoms. The van der Waals surface area contributed by atoms with Crippen molar-refractivity contribution in [2.45, 2.75) is 26.3 Å². The van der Waals surface area contributed by atoms with Gasteiger partial charge in [-0.05, 0) is 24.5 Å². The predicted octanol–water partition coefficient (Wildman–Crippen LogP) is 1.95. The number of ether oxygens (including phenoxy) is 1. The van der Waals surface area contributed by atoms with Crippen LogP contribution in [0.5, 0.6) is 0 Å². The van der Waals surface area contributed by atoms with Gasteiger partial charge in [0, 0.05) is 18.7 Å². The number of hydrogen-bond donors (Lipinski definition) is 2. The summed E-state index contributed by atoms with van der Waals surface area (Å²) in [5, 5.41) is 16.5. The van der Waals surface area contributed by atoms with Crippen LogP contribution in [0, 0.1) is 16.0 Å². The summed E-state index contributed by atoms with van der Waals surface area (Å²) in [7, 11) is 2.71. The molecule has 1 amide bonds. The van der Waals surface area contributed by atoms with Gasteiger partial charge < -0.3 is 15.4 Å². The van der Waals surface area contributed by atoms with E-state index in [4.69, 9.17) is 4.74 Å². The Morgan fingerprint density at radius 1 is 1.35 bits per heavy atom. The number of benzene rings is 1. The third kappa shape index (κ3) is 4.94. The Morgan fingerprint density at radius 2 is 2.00 bits per heavy atom. The average molecular weight is 323 g/mol. The van der Waals surface area contributed by atoms with E-state index in [1.165, 1.54) is 32.4 Å². The number of amides is 1. The summed E-state index contributed by atoms with van der Waals surface area (Å²) in [4.78, 5) is 34.1. The Labute approximate surface area is 134 Å². The van der Waals surface area contributed by atoms with Crippen molar-refractivity contribution in [2.24, 2.45) is 5.92 Å². The molecule has 1 rings (SSSR count). The molecule has 0 aliphatic heterocycles. The van der Waals surface area contributed by atoms with E-state index in [1.54, 1.807) is 0 Å². The highest BCUT2D eigenvalue weighted by Gasteiger charge is 2.25. The highest BCUT2D eigenvalue weighted by molar-refractivity contribution is 5.95.